The van der Waals surface area contributed by atoms with E-state index in [0.29, 0.717) is 30.0 Å². The van der Waals surface area contributed by atoms with Gasteiger partial charge in [0.15, 0.2) is 0 Å². The molecule has 0 saturated carbocycles. The molecule has 8 nitrogen and oxygen atoms in total. The summed E-state index contributed by atoms with van der Waals surface area (Å²) in [5.74, 6) is -1.78. The van der Waals surface area contributed by atoms with E-state index in [9.17, 15) is 19.8 Å². The summed E-state index contributed by atoms with van der Waals surface area (Å²) in [6, 6.07) is 1.71. The lowest BCUT2D eigenvalue weighted by Crippen LogP contribution is -2.63. The summed E-state index contributed by atoms with van der Waals surface area (Å²) in [6.07, 6.45) is 5.28. The Morgan fingerprint density at radius 3 is 2.88 bits per heavy atom. The number of hydrogen-bond donors (Lipinski definition) is 2. The van der Waals surface area contributed by atoms with Gasteiger partial charge in [-0.3, -0.25) is 4.79 Å². The summed E-state index contributed by atoms with van der Waals surface area (Å²) >= 11 is 1.33. The van der Waals surface area contributed by atoms with Crippen molar-refractivity contribution in [3.8, 4) is 6.07 Å². The molecule has 0 bridgehead atoms. The van der Waals surface area contributed by atoms with Crippen LogP contribution in [-0.2, 0) is 16.1 Å². The number of nitrogens with zero attached hydrogens (tertiary/aromatic N) is 4. The molecule has 0 radical (unpaired) electrons. The number of aliphatic hydroxyl groups is 1. The predicted molar refractivity (Wildman–Crippen MR) is 93.5 cm³/mol. The van der Waals surface area contributed by atoms with E-state index < -0.39 is 18.0 Å². The van der Waals surface area contributed by atoms with Crippen LogP contribution in [0.15, 0.2) is 29.3 Å². The average molecular weight is 376 g/mol. The van der Waals surface area contributed by atoms with E-state index in [2.05, 4.69) is 11.1 Å². The normalized spacial score (nSPS) is 25.7. The number of nitriles is 1. The minimum absolute atomic E-state index is 0.00970. The van der Waals surface area contributed by atoms with Crippen LogP contribution < -0.4 is 0 Å². The topological polar surface area (TPSA) is 119 Å². The zero-order chi connectivity index (χ0) is 18.8. The van der Waals surface area contributed by atoms with Crippen LogP contribution in [0.5, 0.6) is 0 Å². The minimum Gasteiger partial charge on any atom is -0.477 e. The zero-order valence-electron chi connectivity index (χ0n) is 14.3. The fourth-order valence-corrected chi connectivity index (χ4v) is 4.97. The van der Waals surface area contributed by atoms with Gasteiger partial charge in [0.25, 0.3) is 0 Å². The Labute approximate surface area is 155 Å². The number of aryl methyl sites for hydroxylation is 1. The van der Waals surface area contributed by atoms with Gasteiger partial charge in [-0.25, -0.2) is 9.78 Å². The number of β-lactam (4-membered cyclic amide) rings is 1. The third kappa shape index (κ3) is 3.10. The number of fused-ring (bicyclic) bond motifs is 1. The van der Waals surface area contributed by atoms with E-state index in [-0.39, 0.29) is 23.6 Å². The summed E-state index contributed by atoms with van der Waals surface area (Å²) < 4.78 is 1.90. The molecular formula is C17H20N4O4S. The maximum absolute atomic E-state index is 12.4. The molecule has 1 aromatic heterocycles. The standard InChI is InChI=1S/C17H20N4O4S/c1-10(22)12-13-11(3-6-20-7-5-19-9-20)15(26-8-2-4-18)14(17(24)25)21(13)16(12)23/h5,7,9-13,22H,2-3,6,8H2,1H3,(H,24,25)/t10-,11-,12-,13-/m1/s1. The molecule has 0 spiro atoms. The summed E-state index contributed by atoms with van der Waals surface area (Å²) in [5, 5.41) is 28.5. The molecule has 138 valence electrons. The van der Waals surface area contributed by atoms with Crippen molar-refractivity contribution in [3.05, 3.63) is 29.3 Å². The first-order valence-electron chi connectivity index (χ1n) is 8.41. The van der Waals surface area contributed by atoms with Gasteiger partial charge in [0.05, 0.1) is 30.5 Å². The van der Waals surface area contributed by atoms with Crippen LogP contribution in [0.4, 0.5) is 0 Å². The van der Waals surface area contributed by atoms with Gasteiger partial charge in [-0.15, -0.1) is 11.8 Å². The van der Waals surface area contributed by atoms with Gasteiger partial charge < -0.3 is 19.7 Å². The van der Waals surface area contributed by atoms with Crippen molar-refractivity contribution < 1.29 is 19.8 Å². The van der Waals surface area contributed by atoms with Crippen LogP contribution in [0.25, 0.3) is 0 Å². The lowest BCUT2D eigenvalue weighted by Gasteiger charge is -2.47. The fourth-order valence-electron chi connectivity index (χ4n) is 3.76. The van der Waals surface area contributed by atoms with Gasteiger partial charge in [-0.2, -0.15) is 5.26 Å². The summed E-state index contributed by atoms with van der Waals surface area (Å²) in [5.41, 5.74) is 0.00970. The maximum atomic E-state index is 12.4. The molecule has 4 atom stereocenters. The van der Waals surface area contributed by atoms with Crippen LogP contribution in [0.3, 0.4) is 0 Å². The van der Waals surface area contributed by atoms with Crippen LogP contribution in [0, 0.1) is 23.2 Å². The molecule has 0 aliphatic carbocycles. The Bertz CT molecular complexity index is 768. The zero-order valence-corrected chi connectivity index (χ0v) is 15.1. The summed E-state index contributed by atoms with van der Waals surface area (Å²) in [7, 11) is 0. The van der Waals surface area contributed by atoms with E-state index in [1.54, 1.807) is 19.4 Å². The first kappa shape index (κ1) is 18.5. The second-order valence-corrected chi connectivity index (χ2v) is 7.57. The number of carboxylic acids is 1. The molecule has 26 heavy (non-hydrogen) atoms. The number of aliphatic carboxylic acids is 1. The molecule has 1 amide bonds. The van der Waals surface area contributed by atoms with Crippen LogP contribution in [-0.4, -0.2) is 54.4 Å². The summed E-state index contributed by atoms with van der Waals surface area (Å²) in [6.45, 7) is 2.19. The van der Waals surface area contributed by atoms with Gasteiger partial charge in [0.1, 0.15) is 5.70 Å². The lowest BCUT2D eigenvalue weighted by molar-refractivity contribution is -0.163. The monoisotopic (exact) mass is 376 g/mol. The number of aromatic nitrogens is 2. The highest BCUT2D eigenvalue weighted by molar-refractivity contribution is 8.03. The highest BCUT2D eigenvalue weighted by Crippen LogP contribution is 2.52. The van der Waals surface area contributed by atoms with Gasteiger partial charge in [0, 0.05) is 41.9 Å². The third-order valence-corrected chi connectivity index (χ3v) is 6.08. The molecule has 1 aromatic rings. The fraction of sp³-hybridized carbons (Fsp3) is 0.529. The number of amides is 1. The van der Waals surface area contributed by atoms with E-state index in [1.165, 1.54) is 16.7 Å². The lowest BCUT2D eigenvalue weighted by atomic mass is 9.77. The van der Waals surface area contributed by atoms with Crippen molar-refractivity contribution in [2.24, 2.45) is 11.8 Å². The molecule has 1 fully saturated rings. The SMILES string of the molecule is C[C@@H](O)[C@H]1C(=O)N2C(C(=O)O)=C(SCCC#N)[C@H](CCn3ccnc3)[C@H]12. The largest absolute Gasteiger partial charge is 0.477 e. The van der Waals surface area contributed by atoms with Gasteiger partial charge in [-0.1, -0.05) is 0 Å². The van der Waals surface area contributed by atoms with Crippen molar-refractivity contribution in [2.45, 2.75) is 38.5 Å². The Hall–Kier alpha value is -2.31. The van der Waals surface area contributed by atoms with E-state index >= 15 is 0 Å². The molecule has 9 heteroatoms. The number of thioether (sulfide) groups is 1. The minimum atomic E-state index is -1.14. The van der Waals surface area contributed by atoms with Crippen LogP contribution >= 0.6 is 11.8 Å². The van der Waals surface area contributed by atoms with Crippen molar-refractivity contribution in [1.29, 1.82) is 5.26 Å². The number of carbonyl (C=O) groups excluding carboxylic acids is 1. The van der Waals surface area contributed by atoms with Gasteiger partial charge in [0.2, 0.25) is 5.91 Å². The second-order valence-electron chi connectivity index (χ2n) is 6.44. The van der Waals surface area contributed by atoms with E-state index in [1.807, 2.05) is 10.8 Å². The molecule has 3 rings (SSSR count). The maximum Gasteiger partial charge on any atom is 0.353 e. The van der Waals surface area contributed by atoms with Crippen LogP contribution in [0.2, 0.25) is 0 Å². The molecule has 1 saturated heterocycles. The van der Waals surface area contributed by atoms with Crippen molar-refractivity contribution >= 4 is 23.6 Å². The number of carboxylic acid groups (broad SMARTS) is 1. The van der Waals surface area contributed by atoms with E-state index in [4.69, 9.17) is 5.26 Å². The quantitative estimate of drug-likeness (QED) is 0.514. The molecule has 2 aliphatic rings. The Morgan fingerprint density at radius 2 is 2.31 bits per heavy atom. The van der Waals surface area contributed by atoms with Crippen molar-refractivity contribution in [3.63, 3.8) is 0 Å². The molecule has 0 aromatic carbocycles. The number of imidazole rings is 1. The van der Waals surface area contributed by atoms with Crippen molar-refractivity contribution in [1.82, 2.24) is 14.5 Å². The number of carbonyl (C=O) groups is 2. The molecule has 2 aliphatic heterocycles. The third-order valence-electron chi connectivity index (χ3n) is 4.86. The Morgan fingerprint density at radius 1 is 1.54 bits per heavy atom. The molecule has 0 unspecified atom stereocenters. The second kappa shape index (κ2) is 7.51. The first-order chi connectivity index (χ1) is 12.5. The highest BCUT2D eigenvalue weighted by atomic mass is 32.2. The Balaban J connectivity index is 1.90. The number of hydrogen-bond acceptors (Lipinski definition) is 6. The Kier molecular flexibility index (Phi) is 5.34. The van der Waals surface area contributed by atoms with Crippen LogP contribution in [0.1, 0.15) is 19.8 Å². The molecular weight excluding hydrogens is 356 g/mol. The average Bonchev–Trinajstić information content (AvgIpc) is 3.18. The molecule has 3 heterocycles. The molecule has 2 N–H and O–H groups in total. The first-order valence-corrected chi connectivity index (χ1v) is 9.40. The smallest absolute Gasteiger partial charge is 0.353 e. The number of rotatable bonds is 8. The van der Waals surface area contributed by atoms with E-state index in [0.717, 1.165) is 0 Å². The van der Waals surface area contributed by atoms with Crippen molar-refractivity contribution in [2.75, 3.05) is 5.75 Å². The predicted octanol–water partition coefficient (Wildman–Crippen LogP) is 1.05. The highest BCUT2D eigenvalue weighted by Gasteiger charge is 2.60. The van der Waals surface area contributed by atoms with Gasteiger partial charge in [-0.05, 0) is 13.3 Å². The number of aliphatic hydroxyl groups excluding tert-OH is 1. The van der Waals surface area contributed by atoms with Gasteiger partial charge >= 0.3 is 5.97 Å². The summed E-state index contributed by atoms with van der Waals surface area (Å²) in [4.78, 5) is 30.2.